The number of hydrogen-bond acceptors (Lipinski definition) is 5. The van der Waals surface area contributed by atoms with Gasteiger partial charge in [0.1, 0.15) is 6.54 Å². The van der Waals surface area contributed by atoms with Gasteiger partial charge < -0.3 is 24.6 Å². The van der Waals surface area contributed by atoms with Gasteiger partial charge in [0, 0.05) is 29.7 Å². The van der Waals surface area contributed by atoms with Crippen LogP contribution in [-0.2, 0) is 11.2 Å². The van der Waals surface area contributed by atoms with Crippen LogP contribution in [0.15, 0.2) is 42.5 Å². The van der Waals surface area contributed by atoms with E-state index in [1.807, 2.05) is 35.2 Å². The number of benzene rings is 2. The normalized spacial score (nSPS) is 20.3. The number of nitrogens with one attached hydrogen (secondary N) is 1. The van der Waals surface area contributed by atoms with E-state index in [2.05, 4.69) is 24.0 Å². The molecule has 2 aromatic carbocycles. The van der Waals surface area contributed by atoms with Gasteiger partial charge in [0.05, 0.1) is 6.04 Å². The number of hydrogen-bond donors (Lipinski definition) is 2. The number of para-hydroxylation sites is 1. The number of ether oxygens (including phenoxy) is 2. The summed E-state index contributed by atoms with van der Waals surface area (Å²) < 4.78 is 11.0. The van der Waals surface area contributed by atoms with Gasteiger partial charge in [0.2, 0.25) is 12.7 Å². The molecule has 3 heterocycles. The number of carbonyl (C=O) groups excluding carboxylic acids is 1. The van der Waals surface area contributed by atoms with E-state index in [1.165, 1.54) is 18.0 Å². The Hall–Kier alpha value is -3.03. The van der Waals surface area contributed by atoms with E-state index in [9.17, 15) is 10.0 Å². The minimum absolute atomic E-state index is 0.0235. The van der Waals surface area contributed by atoms with E-state index in [0.717, 1.165) is 28.3 Å². The van der Waals surface area contributed by atoms with Gasteiger partial charge in [-0.3, -0.25) is 4.79 Å². The van der Waals surface area contributed by atoms with Gasteiger partial charge >= 0.3 is 0 Å². The van der Waals surface area contributed by atoms with Crippen molar-refractivity contribution in [2.75, 3.05) is 20.4 Å². The van der Waals surface area contributed by atoms with Crippen LogP contribution in [0.4, 0.5) is 0 Å². The molecule has 1 amide bonds. The molecule has 0 saturated carbocycles. The Balaban J connectivity index is 1.68. The fourth-order valence-corrected chi connectivity index (χ4v) is 4.54. The van der Waals surface area contributed by atoms with Gasteiger partial charge in [-0.2, -0.15) is 5.06 Å². The van der Waals surface area contributed by atoms with Gasteiger partial charge in [-0.15, -0.1) is 0 Å². The Kier molecular flexibility index (Phi) is 4.22. The molecule has 7 nitrogen and oxygen atoms in total. The lowest BCUT2D eigenvalue weighted by Crippen LogP contribution is -2.49. The van der Waals surface area contributed by atoms with Gasteiger partial charge in [0.15, 0.2) is 11.5 Å². The lowest BCUT2D eigenvalue weighted by Gasteiger charge is -2.41. The van der Waals surface area contributed by atoms with Gasteiger partial charge in [0.25, 0.3) is 0 Å². The van der Waals surface area contributed by atoms with Crippen molar-refractivity contribution in [3.8, 4) is 11.5 Å². The van der Waals surface area contributed by atoms with Gasteiger partial charge in [-0.25, -0.2) is 0 Å². The van der Waals surface area contributed by atoms with Gasteiger partial charge in [-0.05, 0) is 42.7 Å². The van der Waals surface area contributed by atoms with Crippen LogP contribution in [0, 0.1) is 0 Å². The third-order valence-electron chi connectivity index (χ3n) is 5.74. The third kappa shape index (κ3) is 2.94. The highest BCUT2D eigenvalue weighted by molar-refractivity contribution is 5.87. The standard InChI is InChI=1S/C22H23N3O4/c1-13-9-16-15-5-3-4-6-17(15)23-21(16)22(25(13)20(26)11-24(2)27)14-7-8-18-19(10-14)29-12-28-18/h3-8,10,13,22-23,27H,9,11-12H2,1-2H3/t13-,22+/m0/s1. The van der Waals surface area contributed by atoms with Crippen LogP contribution in [0.2, 0.25) is 0 Å². The molecule has 0 aliphatic carbocycles. The first-order valence-corrected chi connectivity index (χ1v) is 9.73. The van der Waals surface area contributed by atoms with Crippen molar-refractivity contribution in [2.45, 2.75) is 25.4 Å². The van der Waals surface area contributed by atoms with Crippen molar-refractivity contribution in [2.24, 2.45) is 0 Å². The van der Waals surface area contributed by atoms with Crippen molar-refractivity contribution >= 4 is 16.8 Å². The monoisotopic (exact) mass is 393 g/mol. The summed E-state index contributed by atoms with van der Waals surface area (Å²) in [5.41, 5.74) is 4.25. The molecule has 0 spiro atoms. The number of hydroxylamine groups is 2. The second-order valence-corrected chi connectivity index (χ2v) is 7.75. The summed E-state index contributed by atoms with van der Waals surface area (Å²) in [6.07, 6.45) is 0.751. The lowest BCUT2D eigenvalue weighted by atomic mass is 9.88. The second kappa shape index (κ2) is 6.79. The summed E-state index contributed by atoms with van der Waals surface area (Å²) in [6.45, 7) is 2.19. The molecule has 0 fully saturated rings. The molecule has 0 bridgehead atoms. The first-order valence-electron chi connectivity index (χ1n) is 9.73. The molecule has 0 saturated heterocycles. The molecule has 3 aromatic rings. The number of nitrogens with zero attached hydrogens (tertiary/aromatic N) is 2. The summed E-state index contributed by atoms with van der Waals surface area (Å²) in [5, 5.41) is 11.8. The van der Waals surface area contributed by atoms with E-state index in [-0.39, 0.29) is 31.3 Å². The maximum Gasteiger partial charge on any atom is 0.240 e. The second-order valence-electron chi connectivity index (χ2n) is 7.75. The number of aromatic amines is 1. The zero-order chi connectivity index (χ0) is 20.1. The molecular formula is C22H23N3O4. The average Bonchev–Trinajstić information content (AvgIpc) is 3.30. The summed E-state index contributed by atoms with van der Waals surface area (Å²) in [6, 6.07) is 13.7. The molecule has 150 valence electrons. The third-order valence-corrected chi connectivity index (χ3v) is 5.74. The Bertz CT molecular complexity index is 1090. The number of aromatic nitrogens is 1. The number of fused-ring (bicyclic) bond motifs is 4. The molecule has 2 N–H and O–H groups in total. The number of rotatable bonds is 3. The Morgan fingerprint density at radius 2 is 2.03 bits per heavy atom. The van der Waals surface area contributed by atoms with Crippen LogP contribution < -0.4 is 9.47 Å². The fourth-order valence-electron chi connectivity index (χ4n) is 4.54. The fraction of sp³-hybridized carbons (Fsp3) is 0.318. The molecule has 29 heavy (non-hydrogen) atoms. The Morgan fingerprint density at radius 1 is 1.24 bits per heavy atom. The van der Waals surface area contributed by atoms with E-state index < -0.39 is 0 Å². The van der Waals surface area contributed by atoms with E-state index in [1.54, 1.807) is 0 Å². The van der Waals surface area contributed by atoms with E-state index in [0.29, 0.717) is 11.5 Å². The number of carbonyl (C=O) groups is 1. The first-order chi connectivity index (χ1) is 14.0. The minimum Gasteiger partial charge on any atom is -0.454 e. The quantitative estimate of drug-likeness (QED) is 0.669. The van der Waals surface area contributed by atoms with Crippen molar-refractivity contribution in [1.29, 1.82) is 0 Å². The number of H-pyrrole nitrogens is 1. The molecule has 2 aliphatic rings. The van der Waals surface area contributed by atoms with Crippen molar-refractivity contribution < 1.29 is 19.5 Å². The summed E-state index contributed by atoms with van der Waals surface area (Å²) in [5.74, 6) is 1.27. The predicted octanol–water partition coefficient (Wildman–Crippen LogP) is 3.08. The van der Waals surface area contributed by atoms with Crippen LogP contribution in [0.25, 0.3) is 10.9 Å². The van der Waals surface area contributed by atoms with Crippen LogP contribution in [0.5, 0.6) is 11.5 Å². The van der Waals surface area contributed by atoms with Crippen LogP contribution >= 0.6 is 0 Å². The first kappa shape index (κ1) is 18.0. The zero-order valence-corrected chi connectivity index (χ0v) is 16.4. The van der Waals surface area contributed by atoms with Crippen molar-refractivity contribution in [3.05, 3.63) is 59.3 Å². The predicted molar refractivity (Wildman–Crippen MR) is 107 cm³/mol. The SMILES string of the molecule is C[C@H]1Cc2c([nH]c3ccccc23)[C@@H](c2ccc3c(c2)OCO3)N1C(=O)CN(C)O. The Morgan fingerprint density at radius 3 is 2.86 bits per heavy atom. The molecule has 2 aliphatic heterocycles. The van der Waals surface area contributed by atoms with Crippen molar-refractivity contribution in [3.63, 3.8) is 0 Å². The molecule has 2 atom stereocenters. The van der Waals surface area contributed by atoms with E-state index in [4.69, 9.17) is 9.47 Å². The molecule has 5 rings (SSSR count). The molecule has 1 aromatic heterocycles. The highest BCUT2D eigenvalue weighted by Crippen LogP contribution is 2.43. The molecule has 7 heteroatoms. The Labute approximate surface area is 168 Å². The summed E-state index contributed by atoms with van der Waals surface area (Å²) in [7, 11) is 1.48. The minimum atomic E-state index is -0.303. The maximum atomic E-state index is 13.1. The molecular weight excluding hydrogens is 370 g/mol. The topological polar surface area (TPSA) is 78.0 Å². The number of amides is 1. The van der Waals surface area contributed by atoms with E-state index >= 15 is 0 Å². The van der Waals surface area contributed by atoms with Crippen molar-refractivity contribution in [1.82, 2.24) is 14.9 Å². The summed E-state index contributed by atoms with van der Waals surface area (Å²) in [4.78, 5) is 18.5. The van der Waals surface area contributed by atoms with Gasteiger partial charge in [-0.1, -0.05) is 24.3 Å². The number of likely N-dealkylation sites (N-methyl/N-ethyl adjacent to an activating group) is 1. The largest absolute Gasteiger partial charge is 0.454 e. The maximum absolute atomic E-state index is 13.1. The summed E-state index contributed by atoms with van der Waals surface area (Å²) >= 11 is 0. The smallest absolute Gasteiger partial charge is 0.240 e. The average molecular weight is 393 g/mol. The highest BCUT2D eigenvalue weighted by Gasteiger charge is 2.39. The van der Waals surface area contributed by atoms with Crippen LogP contribution in [0.1, 0.15) is 29.8 Å². The van der Waals surface area contributed by atoms with Crippen LogP contribution in [-0.4, -0.2) is 52.5 Å². The zero-order valence-electron chi connectivity index (χ0n) is 16.4. The lowest BCUT2D eigenvalue weighted by molar-refractivity contribution is -0.147. The highest BCUT2D eigenvalue weighted by atomic mass is 16.7. The molecule has 0 radical (unpaired) electrons. The van der Waals surface area contributed by atoms with Crippen LogP contribution in [0.3, 0.4) is 0 Å². The molecule has 0 unspecified atom stereocenters.